The summed E-state index contributed by atoms with van der Waals surface area (Å²) in [6, 6.07) is 16.5. The topological polar surface area (TPSA) is 129 Å². The molecule has 2 atom stereocenters. The fraction of sp³-hybridized carbons (Fsp3) is 0.400. The van der Waals surface area contributed by atoms with Crippen molar-refractivity contribution in [2.24, 2.45) is 0 Å². The molecule has 0 saturated heterocycles. The van der Waals surface area contributed by atoms with E-state index in [0.717, 1.165) is 12.2 Å². The van der Waals surface area contributed by atoms with Gasteiger partial charge < -0.3 is 29.6 Å². The number of ether oxygens (including phenoxy) is 4. The van der Waals surface area contributed by atoms with Crippen LogP contribution in [-0.2, 0) is 28.5 Å². The van der Waals surface area contributed by atoms with Gasteiger partial charge in [0.15, 0.2) is 0 Å². The monoisotopic (exact) mass is 554 g/mol. The molecule has 0 aliphatic heterocycles. The number of carbonyl (C=O) groups excluding carboxylic acids is 4. The van der Waals surface area contributed by atoms with Gasteiger partial charge in [-0.05, 0) is 52.7 Å². The number of nitrogens with one attached hydrogen (secondary N) is 2. The number of benzene rings is 2. The molecule has 0 aliphatic rings. The van der Waals surface area contributed by atoms with Gasteiger partial charge in [0.1, 0.15) is 24.4 Å². The average molecular weight is 555 g/mol. The van der Waals surface area contributed by atoms with E-state index in [1.807, 2.05) is 12.1 Å². The van der Waals surface area contributed by atoms with Crippen molar-refractivity contribution in [2.75, 3.05) is 13.2 Å². The Kier molecular flexibility index (Phi) is 11.7. The highest BCUT2D eigenvalue weighted by Gasteiger charge is 2.23. The zero-order chi connectivity index (χ0) is 29.8. The molecule has 0 aromatic heterocycles. The van der Waals surface area contributed by atoms with Crippen molar-refractivity contribution < 1.29 is 38.1 Å². The minimum absolute atomic E-state index is 0.197. The van der Waals surface area contributed by atoms with Crippen molar-refractivity contribution >= 4 is 24.1 Å². The van der Waals surface area contributed by atoms with Gasteiger partial charge in [0, 0.05) is 12.2 Å². The van der Waals surface area contributed by atoms with E-state index in [4.69, 9.17) is 18.9 Å². The predicted molar refractivity (Wildman–Crippen MR) is 148 cm³/mol. The van der Waals surface area contributed by atoms with Crippen molar-refractivity contribution in [2.45, 2.75) is 64.8 Å². The van der Waals surface area contributed by atoms with Crippen LogP contribution in [0, 0.1) is 0 Å². The molecule has 0 spiro atoms. The van der Waals surface area contributed by atoms with Crippen LogP contribution in [0.3, 0.4) is 0 Å². The van der Waals surface area contributed by atoms with Crippen molar-refractivity contribution in [3.8, 4) is 0 Å². The maximum absolute atomic E-state index is 12.3. The molecule has 10 nitrogen and oxygen atoms in total. The zero-order valence-corrected chi connectivity index (χ0v) is 23.8. The van der Waals surface area contributed by atoms with Crippen LogP contribution in [0.4, 0.5) is 9.59 Å². The lowest BCUT2D eigenvalue weighted by Crippen LogP contribution is -2.37. The molecule has 10 heteroatoms. The van der Waals surface area contributed by atoms with Gasteiger partial charge in [-0.15, -0.1) is 0 Å². The molecule has 40 heavy (non-hydrogen) atoms. The van der Waals surface area contributed by atoms with Crippen molar-refractivity contribution in [1.82, 2.24) is 10.6 Å². The molecule has 2 aromatic rings. The van der Waals surface area contributed by atoms with Crippen LogP contribution in [0.15, 0.2) is 72.8 Å². The highest BCUT2D eigenvalue weighted by molar-refractivity contribution is 5.91. The van der Waals surface area contributed by atoms with E-state index >= 15 is 0 Å². The number of hydrogen-bond donors (Lipinski definition) is 2. The largest absolute Gasteiger partial charge is 0.460 e. The Morgan fingerprint density at radius 1 is 0.625 bits per heavy atom. The number of rotatable bonds is 10. The first-order valence-electron chi connectivity index (χ1n) is 12.8. The molecule has 0 radical (unpaired) electrons. The second kappa shape index (κ2) is 14.7. The molecule has 2 N–H and O–H groups in total. The average Bonchev–Trinajstić information content (AvgIpc) is 2.86. The van der Waals surface area contributed by atoms with Gasteiger partial charge in [-0.2, -0.15) is 0 Å². The van der Waals surface area contributed by atoms with Crippen LogP contribution in [0.1, 0.15) is 64.8 Å². The minimum Gasteiger partial charge on any atom is -0.460 e. The normalized spacial score (nSPS) is 13.1. The third-order valence-electron chi connectivity index (χ3n) is 4.93. The van der Waals surface area contributed by atoms with E-state index in [9.17, 15) is 19.2 Å². The van der Waals surface area contributed by atoms with Crippen LogP contribution in [-0.4, -0.2) is 48.5 Å². The van der Waals surface area contributed by atoms with Crippen LogP contribution >= 0.6 is 0 Å². The number of hydrogen-bond acceptors (Lipinski definition) is 8. The van der Waals surface area contributed by atoms with Gasteiger partial charge in [-0.3, -0.25) is 0 Å². The molecule has 0 bridgehead atoms. The van der Waals surface area contributed by atoms with E-state index < -0.39 is 47.4 Å². The first-order chi connectivity index (χ1) is 18.7. The van der Waals surface area contributed by atoms with E-state index in [1.54, 1.807) is 90.1 Å². The summed E-state index contributed by atoms with van der Waals surface area (Å²) in [5.74, 6) is -1.62. The van der Waals surface area contributed by atoms with Gasteiger partial charge in [-0.25, -0.2) is 19.2 Å². The quantitative estimate of drug-likeness (QED) is 0.234. The first-order valence-corrected chi connectivity index (χ1v) is 12.8. The summed E-state index contributed by atoms with van der Waals surface area (Å²) in [5, 5.41) is 5.38. The number of esters is 2. The van der Waals surface area contributed by atoms with E-state index in [0.29, 0.717) is 11.1 Å². The molecular weight excluding hydrogens is 516 g/mol. The highest BCUT2D eigenvalue weighted by atomic mass is 16.6. The van der Waals surface area contributed by atoms with Gasteiger partial charge in [0.2, 0.25) is 0 Å². The Labute approximate surface area is 235 Å². The van der Waals surface area contributed by atoms with Crippen LogP contribution < -0.4 is 10.6 Å². The Morgan fingerprint density at radius 2 is 0.950 bits per heavy atom. The second-order valence-corrected chi connectivity index (χ2v) is 10.8. The molecule has 2 amide bonds. The molecule has 0 aliphatic carbocycles. The SMILES string of the molecule is CC(C)(C)OC(=O)N[C@H](COC(=O)/C=C/C(=O)OC[C@@H](NC(=O)OC(C)(C)C)c1ccccc1)c1ccccc1. The summed E-state index contributed by atoms with van der Waals surface area (Å²) < 4.78 is 21.1. The fourth-order valence-electron chi connectivity index (χ4n) is 3.28. The van der Waals surface area contributed by atoms with E-state index in [-0.39, 0.29) is 13.2 Å². The van der Waals surface area contributed by atoms with Gasteiger partial charge in [0.25, 0.3) is 0 Å². The van der Waals surface area contributed by atoms with Gasteiger partial charge in [0.05, 0.1) is 12.1 Å². The van der Waals surface area contributed by atoms with Gasteiger partial charge >= 0.3 is 24.1 Å². The van der Waals surface area contributed by atoms with Crippen LogP contribution in [0.2, 0.25) is 0 Å². The summed E-state index contributed by atoms with van der Waals surface area (Å²) in [6.45, 7) is 10.0. The Balaban J connectivity index is 1.95. The number of alkyl carbamates (subject to hydrolysis) is 2. The first kappa shape index (κ1) is 31.9. The third kappa shape index (κ3) is 12.9. The van der Waals surface area contributed by atoms with Crippen LogP contribution in [0.5, 0.6) is 0 Å². The lowest BCUT2D eigenvalue weighted by molar-refractivity contribution is -0.141. The molecule has 0 unspecified atom stereocenters. The Hall–Kier alpha value is -4.34. The molecule has 216 valence electrons. The van der Waals surface area contributed by atoms with Crippen molar-refractivity contribution in [3.63, 3.8) is 0 Å². The molecular formula is C30H38N2O8. The molecule has 0 heterocycles. The number of carbonyl (C=O) groups is 4. The summed E-state index contributed by atoms with van der Waals surface area (Å²) in [4.78, 5) is 49.2. The third-order valence-corrected chi connectivity index (χ3v) is 4.93. The smallest absolute Gasteiger partial charge is 0.408 e. The Bertz CT molecular complexity index is 1060. The molecule has 2 rings (SSSR count). The lowest BCUT2D eigenvalue weighted by Gasteiger charge is -2.24. The summed E-state index contributed by atoms with van der Waals surface area (Å²) in [7, 11) is 0. The van der Waals surface area contributed by atoms with Crippen molar-refractivity contribution in [3.05, 3.63) is 83.9 Å². The zero-order valence-electron chi connectivity index (χ0n) is 23.8. The molecule has 0 saturated carbocycles. The molecule has 0 fully saturated rings. The van der Waals surface area contributed by atoms with Gasteiger partial charge in [-0.1, -0.05) is 60.7 Å². The standard InChI is InChI=1S/C30H38N2O8/c1-29(2,3)39-27(35)31-23(21-13-9-7-10-14-21)19-37-25(33)17-18-26(34)38-20-24(22-15-11-8-12-16-22)32-28(36)40-30(4,5)6/h7-18,23-24H,19-20H2,1-6H3,(H,31,35)(H,32,36)/b18-17+/t23-,24-/m1/s1. The minimum atomic E-state index is -0.810. The highest BCUT2D eigenvalue weighted by Crippen LogP contribution is 2.17. The lowest BCUT2D eigenvalue weighted by atomic mass is 10.1. The number of amides is 2. The van der Waals surface area contributed by atoms with E-state index in [2.05, 4.69) is 10.6 Å². The summed E-state index contributed by atoms with van der Waals surface area (Å²) >= 11 is 0. The molecule has 2 aromatic carbocycles. The van der Waals surface area contributed by atoms with Crippen molar-refractivity contribution in [1.29, 1.82) is 0 Å². The van der Waals surface area contributed by atoms with Crippen LogP contribution in [0.25, 0.3) is 0 Å². The summed E-state index contributed by atoms with van der Waals surface area (Å²) in [5.41, 5.74) is 0.00284. The predicted octanol–water partition coefficient (Wildman–Crippen LogP) is 5.16. The summed E-state index contributed by atoms with van der Waals surface area (Å²) in [6.07, 6.45) is 0.529. The fourth-order valence-corrected chi connectivity index (χ4v) is 3.28. The Morgan fingerprint density at radius 3 is 1.25 bits per heavy atom. The second-order valence-electron chi connectivity index (χ2n) is 10.8. The van der Waals surface area contributed by atoms with E-state index in [1.165, 1.54) is 0 Å². The maximum Gasteiger partial charge on any atom is 0.408 e. The maximum atomic E-state index is 12.3.